The van der Waals surface area contributed by atoms with Crippen LogP contribution in [-0.4, -0.2) is 0 Å². The number of allylic oxidation sites excluding steroid dienone is 3. The van der Waals surface area contributed by atoms with Crippen molar-refractivity contribution >= 4 is 0 Å². The van der Waals surface area contributed by atoms with E-state index in [-0.39, 0.29) is 24.6 Å². The maximum atomic E-state index is 10.5. The first-order chi connectivity index (χ1) is 3.79. The van der Waals surface area contributed by atoms with E-state index in [0.717, 1.165) is 12.8 Å². The molecule has 0 aromatic heterocycles. The minimum Gasteiger partial charge on any atom is -0.873 e. The zero-order chi connectivity index (χ0) is 5.98. The normalized spacial score (nSPS) is 17.4. The van der Waals surface area contributed by atoms with Crippen molar-refractivity contribution in [1.29, 1.82) is 0 Å². The average molecular weight is 116 g/mol. The van der Waals surface area contributed by atoms with Crippen molar-refractivity contribution in [3.63, 3.8) is 0 Å². The van der Waals surface area contributed by atoms with Gasteiger partial charge < -0.3 is 5.11 Å². The molecule has 0 atom stereocenters. The first kappa shape index (κ1) is 8.88. The van der Waals surface area contributed by atoms with Gasteiger partial charge in [0, 0.05) is 0 Å². The molecular weight excluding hydrogens is 107 g/mol. The van der Waals surface area contributed by atoms with Crippen LogP contribution in [0.25, 0.3) is 0 Å². The van der Waals surface area contributed by atoms with Crippen molar-refractivity contribution in [3.8, 4) is 0 Å². The SMILES string of the molecule is CC1=CC([O-])=CCC1.[Li+]. The van der Waals surface area contributed by atoms with E-state index >= 15 is 0 Å². The summed E-state index contributed by atoms with van der Waals surface area (Å²) in [6.45, 7) is 1.99. The maximum Gasteiger partial charge on any atom is 1.00 e. The smallest absolute Gasteiger partial charge is 0.873 e. The predicted molar refractivity (Wildman–Crippen MR) is 31.1 cm³/mol. The zero-order valence-electron chi connectivity index (χ0n) is 5.98. The van der Waals surface area contributed by atoms with Gasteiger partial charge >= 0.3 is 18.9 Å². The van der Waals surface area contributed by atoms with Crippen molar-refractivity contribution in [2.24, 2.45) is 0 Å². The summed E-state index contributed by atoms with van der Waals surface area (Å²) in [5.41, 5.74) is 1.21. The fourth-order valence-electron chi connectivity index (χ4n) is 0.816. The van der Waals surface area contributed by atoms with Crippen LogP contribution < -0.4 is 24.0 Å². The van der Waals surface area contributed by atoms with E-state index in [1.165, 1.54) is 5.57 Å². The van der Waals surface area contributed by atoms with Crippen LogP contribution in [0.1, 0.15) is 19.8 Å². The molecule has 0 aromatic rings. The minimum atomic E-state index is 0. The van der Waals surface area contributed by atoms with E-state index in [0.29, 0.717) is 0 Å². The summed E-state index contributed by atoms with van der Waals surface area (Å²) in [5.74, 6) is 0.175. The van der Waals surface area contributed by atoms with Crippen LogP contribution in [-0.2, 0) is 0 Å². The summed E-state index contributed by atoms with van der Waals surface area (Å²) in [6, 6.07) is 0. The molecule has 0 saturated carbocycles. The van der Waals surface area contributed by atoms with E-state index in [2.05, 4.69) is 0 Å². The molecule has 1 nitrogen and oxygen atoms in total. The fraction of sp³-hybridized carbons (Fsp3) is 0.429. The van der Waals surface area contributed by atoms with Gasteiger partial charge in [0.2, 0.25) is 0 Å². The molecule has 0 aliphatic heterocycles. The van der Waals surface area contributed by atoms with Crippen LogP contribution in [0.2, 0.25) is 0 Å². The fourth-order valence-corrected chi connectivity index (χ4v) is 0.816. The largest absolute Gasteiger partial charge is 1.00 e. The molecule has 0 bridgehead atoms. The van der Waals surface area contributed by atoms with Crippen LogP contribution in [0, 0.1) is 0 Å². The monoisotopic (exact) mass is 116 g/mol. The molecule has 1 aliphatic carbocycles. The van der Waals surface area contributed by atoms with Crippen LogP contribution in [0.3, 0.4) is 0 Å². The Labute approximate surface area is 67.6 Å². The topological polar surface area (TPSA) is 23.1 Å². The third-order valence-electron chi connectivity index (χ3n) is 1.27. The van der Waals surface area contributed by atoms with Gasteiger partial charge in [0.25, 0.3) is 0 Å². The molecule has 1 aliphatic rings. The van der Waals surface area contributed by atoms with Crippen molar-refractivity contribution in [2.45, 2.75) is 19.8 Å². The Bertz CT molecular complexity index is 147. The summed E-state index contributed by atoms with van der Waals surface area (Å²) >= 11 is 0. The summed E-state index contributed by atoms with van der Waals surface area (Å²) in [7, 11) is 0. The quantitative estimate of drug-likeness (QED) is 0.335. The van der Waals surface area contributed by atoms with Crippen LogP contribution in [0.5, 0.6) is 0 Å². The number of hydrogen-bond acceptors (Lipinski definition) is 1. The second-order valence-corrected chi connectivity index (χ2v) is 2.14. The average Bonchev–Trinajstić information content (AvgIpc) is 1.64. The minimum absolute atomic E-state index is 0. The van der Waals surface area contributed by atoms with Gasteiger partial charge in [-0.2, -0.15) is 0 Å². The van der Waals surface area contributed by atoms with Gasteiger partial charge in [0.15, 0.2) is 0 Å². The molecule has 0 amide bonds. The van der Waals surface area contributed by atoms with Crippen molar-refractivity contribution < 1.29 is 24.0 Å². The van der Waals surface area contributed by atoms with Crippen LogP contribution >= 0.6 is 0 Å². The molecule has 0 aromatic carbocycles. The van der Waals surface area contributed by atoms with Crippen LogP contribution in [0.4, 0.5) is 0 Å². The second-order valence-electron chi connectivity index (χ2n) is 2.14. The Hall–Kier alpha value is -0.123. The molecule has 44 valence electrons. The zero-order valence-corrected chi connectivity index (χ0v) is 5.98. The van der Waals surface area contributed by atoms with Crippen molar-refractivity contribution in [2.75, 3.05) is 0 Å². The van der Waals surface area contributed by atoms with Crippen LogP contribution in [0.15, 0.2) is 23.5 Å². The third-order valence-corrected chi connectivity index (χ3v) is 1.27. The van der Waals surface area contributed by atoms with E-state index in [1.807, 2.05) is 6.92 Å². The number of rotatable bonds is 0. The van der Waals surface area contributed by atoms with E-state index in [9.17, 15) is 5.11 Å². The Morgan fingerprint density at radius 3 is 2.56 bits per heavy atom. The summed E-state index contributed by atoms with van der Waals surface area (Å²) in [4.78, 5) is 0. The maximum absolute atomic E-state index is 10.5. The standard InChI is InChI=1S/C7H10O.Li/c1-6-3-2-4-7(8)5-6;/h4-5,8H,2-3H2,1H3;/q;+1/p-1. The third kappa shape index (κ3) is 2.79. The molecular formula is C7H9LiO. The first-order valence-electron chi connectivity index (χ1n) is 2.83. The first-order valence-corrected chi connectivity index (χ1v) is 2.83. The summed E-state index contributed by atoms with van der Waals surface area (Å²) in [5, 5.41) is 10.5. The van der Waals surface area contributed by atoms with E-state index in [4.69, 9.17) is 0 Å². The second kappa shape index (κ2) is 3.82. The molecule has 0 fully saturated rings. The van der Waals surface area contributed by atoms with Gasteiger partial charge in [-0.3, -0.25) is 0 Å². The predicted octanol–water partition coefficient (Wildman–Crippen LogP) is -2.03. The summed E-state index contributed by atoms with van der Waals surface area (Å²) < 4.78 is 0. The molecule has 1 rings (SSSR count). The molecule has 2 heteroatoms. The van der Waals surface area contributed by atoms with Gasteiger partial charge in [0.05, 0.1) is 0 Å². The van der Waals surface area contributed by atoms with Gasteiger partial charge in [-0.1, -0.05) is 17.7 Å². The van der Waals surface area contributed by atoms with Crippen molar-refractivity contribution in [3.05, 3.63) is 23.5 Å². The van der Waals surface area contributed by atoms with Gasteiger partial charge in [-0.15, -0.1) is 5.76 Å². The molecule has 0 unspecified atom stereocenters. The Morgan fingerprint density at radius 1 is 1.56 bits per heavy atom. The molecule has 0 saturated heterocycles. The Kier molecular flexibility index (Phi) is 3.77. The molecule has 0 radical (unpaired) electrons. The van der Waals surface area contributed by atoms with Gasteiger partial charge in [-0.25, -0.2) is 0 Å². The van der Waals surface area contributed by atoms with E-state index < -0.39 is 0 Å². The Balaban J connectivity index is 0.000000640. The molecule has 0 N–H and O–H groups in total. The van der Waals surface area contributed by atoms with Gasteiger partial charge in [0.1, 0.15) is 0 Å². The molecule has 0 heterocycles. The molecule has 0 spiro atoms. The Morgan fingerprint density at radius 2 is 2.22 bits per heavy atom. The van der Waals surface area contributed by atoms with E-state index in [1.54, 1.807) is 12.2 Å². The summed E-state index contributed by atoms with van der Waals surface area (Å²) in [6.07, 6.45) is 5.42. The molecule has 9 heavy (non-hydrogen) atoms. The van der Waals surface area contributed by atoms with Crippen molar-refractivity contribution in [1.82, 2.24) is 0 Å². The number of hydrogen-bond donors (Lipinski definition) is 0. The van der Waals surface area contributed by atoms with Gasteiger partial charge in [-0.05, 0) is 19.8 Å².